The molecule has 0 aromatic carbocycles. The van der Waals surface area contributed by atoms with Gasteiger partial charge in [-0.25, -0.2) is 4.79 Å². The first-order chi connectivity index (χ1) is 11.0. The molecule has 0 aliphatic carbocycles. The van der Waals surface area contributed by atoms with Gasteiger partial charge >= 0.3 is 6.03 Å². The summed E-state index contributed by atoms with van der Waals surface area (Å²) >= 11 is 0. The second-order valence-corrected chi connectivity index (χ2v) is 6.64. The molecule has 0 saturated carbocycles. The Hall–Kier alpha value is -1.67. The standard InChI is InChI=1S/C15H25N5O3/c1-10(2)14-17-13(23-18-14)7-16-15(22)20-8-11(12(21)9-20)19-5-3-4-6-19/h10-12,21H,3-9H2,1-2H3,(H,16,22). The molecule has 8 nitrogen and oxygen atoms in total. The molecule has 3 rings (SSSR count). The quantitative estimate of drug-likeness (QED) is 0.840. The van der Waals surface area contributed by atoms with Gasteiger partial charge in [-0.3, -0.25) is 4.90 Å². The number of aliphatic hydroxyl groups excluding tert-OH is 1. The van der Waals surface area contributed by atoms with Gasteiger partial charge < -0.3 is 19.8 Å². The van der Waals surface area contributed by atoms with Gasteiger partial charge in [-0.1, -0.05) is 19.0 Å². The predicted octanol–water partition coefficient (Wildman–Crippen LogP) is 0.543. The smallest absolute Gasteiger partial charge is 0.317 e. The number of carbonyl (C=O) groups is 1. The van der Waals surface area contributed by atoms with Gasteiger partial charge in [0.15, 0.2) is 5.82 Å². The van der Waals surface area contributed by atoms with E-state index in [9.17, 15) is 9.90 Å². The highest BCUT2D eigenvalue weighted by molar-refractivity contribution is 5.74. The molecule has 8 heteroatoms. The molecule has 2 amide bonds. The summed E-state index contributed by atoms with van der Waals surface area (Å²) in [4.78, 5) is 20.4. The van der Waals surface area contributed by atoms with Crippen molar-refractivity contribution in [3.05, 3.63) is 11.7 Å². The van der Waals surface area contributed by atoms with E-state index in [1.165, 1.54) is 12.8 Å². The lowest BCUT2D eigenvalue weighted by molar-refractivity contribution is 0.0980. The number of nitrogens with one attached hydrogen (secondary N) is 1. The van der Waals surface area contributed by atoms with Crippen LogP contribution >= 0.6 is 0 Å². The largest absolute Gasteiger partial charge is 0.390 e. The van der Waals surface area contributed by atoms with Gasteiger partial charge in [0.1, 0.15) is 0 Å². The van der Waals surface area contributed by atoms with Crippen molar-refractivity contribution >= 4 is 6.03 Å². The van der Waals surface area contributed by atoms with E-state index in [1.807, 2.05) is 13.8 Å². The SMILES string of the molecule is CC(C)c1noc(CNC(=O)N2CC(O)C(N3CCCC3)C2)n1. The second-order valence-electron chi connectivity index (χ2n) is 6.64. The van der Waals surface area contributed by atoms with Crippen molar-refractivity contribution in [3.63, 3.8) is 0 Å². The van der Waals surface area contributed by atoms with Crippen LogP contribution in [0.15, 0.2) is 4.52 Å². The van der Waals surface area contributed by atoms with Crippen LogP contribution < -0.4 is 5.32 Å². The minimum absolute atomic E-state index is 0.0548. The molecule has 0 spiro atoms. The van der Waals surface area contributed by atoms with Crippen LogP contribution in [0, 0.1) is 0 Å². The molecule has 2 aliphatic rings. The molecule has 1 aromatic rings. The Kier molecular flexibility index (Phi) is 4.82. The number of urea groups is 1. The van der Waals surface area contributed by atoms with E-state index in [1.54, 1.807) is 4.90 Å². The third-order valence-electron chi connectivity index (χ3n) is 4.55. The topological polar surface area (TPSA) is 94.7 Å². The first-order valence-corrected chi connectivity index (χ1v) is 8.32. The number of aromatic nitrogens is 2. The first kappa shape index (κ1) is 16.2. The minimum atomic E-state index is -0.477. The summed E-state index contributed by atoms with van der Waals surface area (Å²) < 4.78 is 5.11. The third kappa shape index (κ3) is 3.64. The molecule has 2 fully saturated rings. The second kappa shape index (κ2) is 6.84. The maximum absolute atomic E-state index is 12.3. The molecular weight excluding hydrogens is 298 g/mol. The molecule has 1 aromatic heterocycles. The highest BCUT2D eigenvalue weighted by Gasteiger charge is 2.38. The number of β-amino-alcohol motifs (C(OH)–C–C–N with tert-alkyl or cyclic N) is 1. The zero-order valence-corrected chi connectivity index (χ0v) is 13.7. The Bertz CT molecular complexity index is 541. The van der Waals surface area contributed by atoms with E-state index in [0.29, 0.717) is 24.8 Å². The lowest BCUT2D eigenvalue weighted by Crippen LogP contribution is -2.42. The Morgan fingerprint density at radius 3 is 2.78 bits per heavy atom. The maximum atomic E-state index is 12.3. The minimum Gasteiger partial charge on any atom is -0.390 e. The number of rotatable bonds is 4. The summed E-state index contributed by atoms with van der Waals surface area (Å²) in [5, 5.41) is 16.9. The van der Waals surface area contributed by atoms with Crippen molar-refractivity contribution in [2.45, 2.75) is 51.3 Å². The van der Waals surface area contributed by atoms with Crippen molar-refractivity contribution in [1.82, 2.24) is 25.3 Å². The van der Waals surface area contributed by atoms with E-state index in [0.717, 1.165) is 13.1 Å². The van der Waals surface area contributed by atoms with Gasteiger partial charge in [0.2, 0.25) is 5.89 Å². The van der Waals surface area contributed by atoms with Gasteiger partial charge in [0, 0.05) is 19.0 Å². The van der Waals surface area contributed by atoms with Gasteiger partial charge in [-0.2, -0.15) is 4.98 Å². The van der Waals surface area contributed by atoms with Crippen molar-refractivity contribution in [3.8, 4) is 0 Å². The average Bonchev–Trinajstić information content (AvgIpc) is 3.24. The van der Waals surface area contributed by atoms with E-state index < -0.39 is 6.10 Å². The Balaban J connectivity index is 1.50. The number of likely N-dealkylation sites (tertiary alicyclic amines) is 2. The van der Waals surface area contributed by atoms with Gasteiger partial charge in [0.25, 0.3) is 0 Å². The highest BCUT2D eigenvalue weighted by Crippen LogP contribution is 2.21. The van der Waals surface area contributed by atoms with Crippen LogP contribution in [0.3, 0.4) is 0 Å². The third-order valence-corrected chi connectivity index (χ3v) is 4.55. The van der Waals surface area contributed by atoms with Crippen LogP contribution in [0.1, 0.15) is 44.3 Å². The number of aliphatic hydroxyl groups is 1. The molecule has 0 bridgehead atoms. The van der Waals surface area contributed by atoms with E-state index in [2.05, 4.69) is 20.4 Å². The lowest BCUT2D eigenvalue weighted by atomic mass is 10.2. The fraction of sp³-hybridized carbons (Fsp3) is 0.800. The number of nitrogens with zero attached hydrogens (tertiary/aromatic N) is 4. The van der Waals surface area contributed by atoms with E-state index in [4.69, 9.17) is 4.52 Å². The fourth-order valence-electron chi connectivity index (χ4n) is 3.20. The molecule has 3 heterocycles. The molecule has 2 atom stereocenters. The van der Waals surface area contributed by atoms with E-state index >= 15 is 0 Å². The first-order valence-electron chi connectivity index (χ1n) is 8.32. The summed E-state index contributed by atoms with van der Waals surface area (Å²) in [6.07, 6.45) is 1.87. The number of amides is 2. The maximum Gasteiger partial charge on any atom is 0.317 e. The summed E-state index contributed by atoms with van der Waals surface area (Å²) in [5.41, 5.74) is 0. The molecule has 2 unspecified atom stereocenters. The van der Waals surface area contributed by atoms with Crippen LogP contribution in [0.25, 0.3) is 0 Å². The van der Waals surface area contributed by atoms with E-state index in [-0.39, 0.29) is 24.5 Å². The molecule has 0 radical (unpaired) electrons. The van der Waals surface area contributed by atoms with Gasteiger partial charge in [-0.05, 0) is 25.9 Å². The molecule has 2 aliphatic heterocycles. The summed E-state index contributed by atoms with van der Waals surface area (Å²) in [7, 11) is 0. The average molecular weight is 323 g/mol. The van der Waals surface area contributed by atoms with Gasteiger partial charge in [-0.15, -0.1) is 0 Å². The van der Waals surface area contributed by atoms with Crippen LogP contribution in [0.5, 0.6) is 0 Å². The summed E-state index contributed by atoms with van der Waals surface area (Å²) in [6.45, 7) is 7.13. The van der Waals surface area contributed by atoms with Crippen molar-refractivity contribution in [2.24, 2.45) is 0 Å². The Labute approximate surface area is 135 Å². The number of hydrogen-bond donors (Lipinski definition) is 2. The molecule has 2 saturated heterocycles. The van der Waals surface area contributed by atoms with Crippen molar-refractivity contribution in [2.75, 3.05) is 26.2 Å². The summed E-state index contributed by atoms with van der Waals surface area (Å²) in [5.74, 6) is 1.23. The monoisotopic (exact) mass is 323 g/mol. The fourth-order valence-corrected chi connectivity index (χ4v) is 3.20. The van der Waals surface area contributed by atoms with Crippen LogP contribution in [0.2, 0.25) is 0 Å². The normalized spacial score (nSPS) is 25.5. The lowest BCUT2D eigenvalue weighted by Gasteiger charge is -2.25. The molecule has 2 N–H and O–H groups in total. The van der Waals surface area contributed by atoms with Crippen LogP contribution in [-0.2, 0) is 6.54 Å². The zero-order chi connectivity index (χ0) is 16.4. The Morgan fingerprint density at radius 1 is 1.39 bits per heavy atom. The molecular formula is C15H25N5O3. The van der Waals surface area contributed by atoms with Crippen LogP contribution in [0.4, 0.5) is 4.79 Å². The molecule has 128 valence electrons. The Morgan fingerprint density at radius 2 is 2.13 bits per heavy atom. The number of carbonyl (C=O) groups excluding carboxylic acids is 1. The zero-order valence-electron chi connectivity index (χ0n) is 13.7. The van der Waals surface area contributed by atoms with Crippen LogP contribution in [-0.4, -0.2) is 69.4 Å². The highest BCUT2D eigenvalue weighted by atomic mass is 16.5. The van der Waals surface area contributed by atoms with Crippen molar-refractivity contribution < 1.29 is 14.4 Å². The number of hydrogen-bond acceptors (Lipinski definition) is 6. The molecule has 23 heavy (non-hydrogen) atoms. The van der Waals surface area contributed by atoms with Crippen molar-refractivity contribution in [1.29, 1.82) is 0 Å². The summed E-state index contributed by atoms with van der Waals surface area (Å²) in [6, 6.07) is -0.144. The van der Waals surface area contributed by atoms with Gasteiger partial charge in [0.05, 0.1) is 18.7 Å². The predicted molar refractivity (Wildman–Crippen MR) is 82.8 cm³/mol.